The molecule has 36 heavy (non-hydrogen) atoms. The summed E-state index contributed by atoms with van der Waals surface area (Å²) in [6, 6.07) is 7.44. The van der Waals surface area contributed by atoms with Gasteiger partial charge in [0.2, 0.25) is 5.88 Å². The first-order valence-electron chi connectivity index (χ1n) is 12.8. The van der Waals surface area contributed by atoms with Crippen molar-refractivity contribution >= 4 is 17.5 Å². The van der Waals surface area contributed by atoms with Crippen LogP contribution in [0.3, 0.4) is 0 Å². The zero-order chi connectivity index (χ0) is 24.9. The van der Waals surface area contributed by atoms with E-state index in [1.165, 1.54) is 6.33 Å². The van der Waals surface area contributed by atoms with Gasteiger partial charge >= 0.3 is 6.03 Å². The zero-order valence-electron chi connectivity index (χ0n) is 21.1. The smallest absolute Gasteiger partial charge is 0.326 e. The summed E-state index contributed by atoms with van der Waals surface area (Å²) in [4.78, 5) is 28.2. The molecule has 1 atom stereocenters. The fourth-order valence-electron chi connectivity index (χ4n) is 5.01. The minimum absolute atomic E-state index is 0.0954. The summed E-state index contributed by atoms with van der Waals surface area (Å²) in [5, 5.41) is 6.07. The summed E-state index contributed by atoms with van der Waals surface area (Å²) in [6.07, 6.45) is 9.66. The van der Waals surface area contributed by atoms with E-state index in [1.54, 1.807) is 18.0 Å². The summed E-state index contributed by atoms with van der Waals surface area (Å²) in [5.41, 5.74) is 2.88. The van der Waals surface area contributed by atoms with Crippen molar-refractivity contribution in [2.75, 3.05) is 63.1 Å². The molecule has 2 N–H and O–H groups in total. The normalized spacial score (nSPS) is 20.1. The molecule has 9 heteroatoms. The molecule has 2 amide bonds. The van der Waals surface area contributed by atoms with Gasteiger partial charge in [0.05, 0.1) is 0 Å². The summed E-state index contributed by atoms with van der Waals surface area (Å²) >= 11 is 0. The molecule has 1 aromatic heterocycles. The largest absolute Gasteiger partial charge is 0.439 e. The van der Waals surface area contributed by atoms with E-state index in [0.29, 0.717) is 29.9 Å². The molecule has 0 saturated carbocycles. The number of hydrogen-bond donors (Lipinski definition) is 2. The lowest BCUT2D eigenvalue weighted by molar-refractivity contribution is 0.128. The second-order valence-electron chi connectivity index (χ2n) is 9.47. The van der Waals surface area contributed by atoms with Crippen LogP contribution in [-0.2, 0) is 6.42 Å². The molecule has 1 fully saturated rings. The fraction of sp³-hybridized carbons (Fsp3) is 0.444. The summed E-state index contributed by atoms with van der Waals surface area (Å²) in [5.74, 6) is 2.36. The highest BCUT2D eigenvalue weighted by Crippen LogP contribution is 2.33. The fourth-order valence-corrected chi connectivity index (χ4v) is 5.01. The Bertz CT molecular complexity index is 1140. The van der Waals surface area contributed by atoms with Gasteiger partial charge in [0.1, 0.15) is 17.9 Å². The van der Waals surface area contributed by atoms with Crippen LogP contribution < -0.4 is 20.3 Å². The van der Waals surface area contributed by atoms with E-state index in [-0.39, 0.29) is 6.03 Å². The number of likely N-dealkylation sites (N-methyl/N-ethyl adjacent to an activating group) is 1. The van der Waals surface area contributed by atoms with Crippen LogP contribution in [0, 0.1) is 5.92 Å². The highest BCUT2D eigenvalue weighted by Gasteiger charge is 2.26. The topological polar surface area (TPSA) is 85.9 Å². The molecule has 0 spiro atoms. The van der Waals surface area contributed by atoms with E-state index in [0.717, 1.165) is 69.1 Å². The van der Waals surface area contributed by atoms with Gasteiger partial charge in [-0.25, -0.2) is 14.8 Å². The second kappa shape index (κ2) is 11.1. The number of hydrogen-bond acceptors (Lipinski definition) is 7. The number of urea groups is 1. The molecule has 0 bridgehead atoms. The van der Waals surface area contributed by atoms with Crippen LogP contribution >= 0.6 is 0 Å². The molecule has 1 aromatic carbocycles. The van der Waals surface area contributed by atoms with E-state index < -0.39 is 0 Å². The SMILES string of the molecule is CCN1CCN(CC2C=CC(NC(=O)N3CCc4cc(Oc5cc(NC)ncn5)ccc43)=CC2)CC1. The van der Waals surface area contributed by atoms with Crippen LogP contribution in [0.25, 0.3) is 0 Å². The molecule has 5 rings (SSSR count). The van der Waals surface area contributed by atoms with Gasteiger partial charge in [-0.05, 0) is 55.1 Å². The van der Waals surface area contributed by atoms with Gasteiger partial charge < -0.3 is 25.2 Å². The average Bonchev–Trinajstić information content (AvgIpc) is 3.34. The maximum atomic E-state index is 13.1. The molecule has 1 aliphatic carbocycles. The van der Waals surface area contributed by atoms with Crippen molar-refractivity contribution in [1.82, 2.24) is 25.1 Å². The van der Waals surface area contributed by atoms with Gasteiger partial charge in [-0.2, -0.15) is 0 Å². The van der Waals surface area contributed by atoms with Crippen molar-refractivity contribution < 1.29 is 9.53 Å². The molecule has 3 heterocycles. The zero-order valence-corrected chi connectivity index (χ0v) is 21.1. The van der Waals surface area contributed by atoms with E-state index in [2.05, 4.69) is 55.6 Å². The number of rotatable bonds is 7. The highest BCUT2D eigenvalue weighted by atomic mass is 16.5. The molecule has 3 aliphatic rings. The first-order valence-corrected chi connectivity index (χ1v) is 12.8. The number of allylic oxidation sites excluding steroid dienone is 2. The predicted molar refractivity (Wildman–Crippen MR) is 142 cm³/mol. The first-order chi connectivity index (χ1) is 17.6. The Balaban J connectivity index is 1.14. The minimum Gasteiger partial charge on any atom is -0.439 e. The lowest BCUT2D eigenvalue weighted by atomic mass is 9.98. The van der Waals surface area contributed by atoms with Crippen molar-refractivity contribution in [2.45, 2.75) is 19.8 Å². The predicted octanol–water partition coefficient (Wildman–Crippen LogP) is 3.48. The third-order valence-electron chi connectivity index (χ3n) is 7.16. The number of amides is 2. The van der Waals surface area contributed by atoms with Crippen LogP contribution in [0.4, 0.5) is 16.3 Å². The first kappa shape index (κ1) is 24.3. The summed E-state index contributed by atoms with van der Waals surface area (Å²) in [7, 11) is 1.80. The third kappa shape index (κ3) is 5.68. The maximum absolute atomic E-state index is 13.1. The van der Waals surface area contributed by atoms with Crippen LogP contribution in [-0.4, -0.2) is 78.7 Å². The second-order valence-corrected chi connectivity index (χ2v) is 9.47. The monoisotopic (exact) mass is 489 g/mol. The van der Waals surface area contributed by atoms with Crippen LogP contribution in [0.15, 0.2) is 54.5 Å². The number of ether oxygens (including phenoxy) is 1. The van der Waals surface area contributed by atoms with Crippen molar-refractivity contribution in [3.05, 3.63) is 60.1 Å². The molecule has 0 radical (unpaired) electrons. The quantitative estimate of drug-likeness (QED) is 0.616. The number of carbonyl (C=O) groups excluding carboxylic acids is 1. The standard InChI is InChI=1S/C27H35N7O2/c1-3-32-12-14-33(15-13-32)18-20-4-6-22(7-5-20)31-27(35)34-11-10-21-16-23(8-9-24(21)34)36-26-17-25(28-2)29-19-30-26/h4,6-9,16-17,19-20H,3,5,10-15,18H2,1-2H3,(H,31,35)(H,28,29,30). The Hall–Kier alpha value is -3.43. The Morgan fingerprint density at radius 1 is 1.11 bits per heavy atom. The van der Waals surface area contributed by atoms with E-state index in [9.17, 15) is 4.79 Å². The van der Waals surface area contributed by atoms with Gasteiger partial charge in [0.15, 0.2) is 0 Å². The van der Waals surface area contributed by atoms with Crippen LogP contribution in [0.2, 0.25) is 0 Å². The van der Waals surface area contributed by atoms with Crippen molar-refractivity contribution in [3.8, 4) is 11.6 Å². The van der Waals surface area contributed by atoms with E-state index >= 15 is 0 Å². The number of nitrogens with one attached hydrogen (secondary N) is 2. The van der Waals surface area contributed by atoms with Gasteiger partial charge in [-0.1, -0.05) is 19.1 Å². The van der Waals surface area contributed by atoms with Crippen molar-refractivity contribution in [2.24, 2.45) is 5.92 Å². The van der Waals surface area contributed by atoms with Crippen LogP contribution in [0.1, 0.15) is 18.9 Å². The Morgan fingerprint density at radius 2 is 1.94 bits per heavy atom. The summed E-state index contributed by atoms with van der Waals surface area (Å²) < 4.78 is 5.90. The number of aromatic nitrogens is 2. The molecule has 9 nitrogen and oxygen atoms in total. The lowest BCUT2D eigenvalue weighted by Crippen LogP contribution is -2.47. The Morgan fingerprint density at radius 3 is 2.69 bits per heavy atom. The van der Waals surface area contributed by atoms with Gasteiger partial charge in [0.25, 0.3) is 0 Å². The molecule has 1 saturated heterocycles. The molecule has 1 unspecified atom stereocenters. The molecular weight excluding hydrogens is 454 g/mol. The third-order valence-corrected chi connectivity index (χ3v) is 7.16. The molecule has 2 aliphatic heterocycles. The molecule has 2 aromatic rings. The highest BCUT2D eigenvalue weighted by molar-refractivity contribution is 5.95. The number of nitrogens with zero attached hydrogens (tertiary/aromatic N) is 5. The van der Waals surface area contributed by atoms with Crippen LogP contribution in [0.5, 0.6) is 11.6 Å². The average molecular weight is 490 g/mol. The number of piperazine rings is 1. The number of carbonyl (C=O) groups is 1. The van der Waals surface area contributed by atoms with E-state index in [4.69, 9.17) is 4.74 Å². The lowest BCUT2D eigenvalue weighted by Gasteiger charge is -2.35. The van der Waals surface area contributed by atoms with Gasteiger partial charge in [-0.15, -0.1) is 0 Å². The Kier molecular flexibility index (Phi) is 7.48. The maximum Gasteiger partial charge on any atom is 0.326 e. The minimum atomic E-state index is -0.0954. The summed E-state index contributed by atoms with van der Waals surface area (Å²) in [6.45, 7) is 9.70. The van der Waals surface area contributed by atoms with Gasteiger partial charge in [-0.3, -0.25) is 4.90 Å². The molecular formula is C27H35N7O2. The van der Waals surface area contributed by atoms with Crippen molar-refractivity contribution in [3.63, 3.8) is 0 Å². The number of anilines is 2. The number of benzene rings is 1. The van der Waals surface area contributed by atoms with Crippen molar-refractivity contribution in [1.29, 1.82) is 0 Å². The number of fused-ring (bicyclic) bond motifs is 1. The van der Waals surface area contributed by atoms with Gasteiger partial charge in [0, 0.05) is 63.8 Å². The molecule has 190 valence electrons. The van der Waals surface area contributed by atoms with E-state index in [1.807, 2.05) is 18.2 Å². The Labute approximate surface area is 212 Å².